The van der Waals surface area contributed by atoms with Crippen molar-refractivity contribution >= 4 is 52.1 Å². The Bertz CT molecular complexity index is 655. The number of halogens is 4. The summed E-state index contributed by atoms with van der Waals surface area (Å²) < 4.78 is 11.6. The quantitative estimate of drug-likeness (QED) is 0.189. The van der Waals surface area contributed by atoms with Crippen molar-refractivity contribution in [1.82, 2.24) is 0 Å². The van der Waals surface area contributed by atoms with Crippen LogP contribution in [0.4, 0.5) is 0 Å². The number of ether oxygens (including phenoxy) is 2. The van der Waals surface area contributed by atoms with Crippen LogP contribution in [0.25, 0.3) is 0 Å². The van der Waals surface area contributed by atoms with Gasteiger partial charge in [-0.2, -0.15) is 0 Å². The van der Waals surface area contributed by atoms with E-state index in [1.807, 2.05) is 20.8 Å². The highest BCUT2D eigenvalue weighted by Gasteiger charge is 2.17. The molecule has 0 fully saturated rings. The van der Waals surface area contributed by atoms with E-state index >= 15 is 0 Å². The second-order valence-electron chi connectivity index (χ2n) is 5.92. The maximum Gasteiger partial charge on any atom is 0.157 e. The Labute approximate surface area is 181 Å². The van der Waals surface area contributed by atoms with E-state index in [1.165, 1.54) is 0 Å². The van der Waals surface area contributed by atoms with Gasteiger partial charge in [0.15, 0.2) is 5.75 Å². The van der Waals surface area contributed by atoms with Gasteiger partial charge in [0.1, 0.15) is 23.5 Å². The van der Waals surface area contributed by atoms with Gasteiger partial charge in [-0.25, -0.2) is 0 Å². The molecule has 0 aliphatic rings. The lowest BCUT2D eigenvalue weighted by molar-refractivity contribution is 0.138. The Morgan fingerprint density at radius 3 is 2.41 bits per heavy atom. The number of rotatable bonds is 12. The minimum atomic E-state index is 0.146. The molecule has 1 rings (SSSR count). The predicted octanol–water partition coefficient (Wildman–Crippen LogP) is 7.22. The summed E-state index contributed by atoms with van der Waals surface area (Å²) in [5.74, 6) is 1.07. The van der Waals surface area contributed by atoms with Gasteiger partial charge in [0, 0.05) is 11.6 Å². The molecule has 4 nitrogen and oxygen atoms in total. The molecule has 0 N–H and O–H groups in total. The first kappa shape index (κ1) is 24.2. The van der Waals surface area contributed by atoms with Gasteiger partial charge in [0.2, 0.25) is 0 Å². The highest BCUT2D eigenvalue weighted by molar-refractivity contribution is 6.55. The molecule has 0 aliphatic carbocycles. The molecule has 0 aliphatic heterocycles. The topological polar surface area (TPSA) is 40.0 Å². The third kappa shape index (κ3) is 9.29. The smallest absolute Gasteiger partial charge is 0.157 e. The lowest BCUT2D eigenvalue weighted by Gasteiger charge is -2.16. The van der Waals surface area contributed by atoms with Crippen LogP contribution in [0, 0.1) is 0 Å². The molecule has 1 aromatic carbocycles. The number of hydrogen-bond donors (Lipinski definition) is 0. The van der Waals surface area contributed by atoms with Crippen molar-refractivity contribution in [3.8, 4) is 11.5 Å². The number of hydrogen-bond acceptors (Lipinski definition) is 4. The summed E-state index contributed by atoms with van der Waals surface area (Å²) in [4.78, 5) is 5.16. The molecular weight excluding hydrogens is 432 g/mol. The second kappa shape index (κ2) is 13.4. The van der Waals surface area contributed by atoms with Gasteiger partial charge < -0.3 is 14.3 Å². The maximum atomic E-state index is 6.48. The number of oxime groups is 1. The number of nitrogens with zero attached hydrogens (tertiary/aromatic N) is 1. The molecule has 1 aromatic rings. The van der Waals surface area contributed by atoms with Crippen LogP contribution >= 0.6 is 46.4 Å². The number of benzene rings is 1. The molecule has 0 heterocycles. The fraction of sp³-hybridized carbons (Fsp3) is 0.526. The lowest BCUT2D eigenvalue weighted by atomic mass is 10.1. The van der Waals surface area contributed by atoms with E-state index in [1.54, 1.807) is 12.1 Å². The van der Waals surface area contributed by atoms with Gasteiger partial charge in [0.05, 0.1) is 22.4 Å². The maximum absolute atomic E-state index is 6.48. The minimum absolute atomic E-state index is 0.146. The molecule has 0 saturated heterocycles. The van der Waals surface area contributed by atoms with Crippen molar-refractivity contribution in [3.63, 3.8) is 0 Å². The lowest BCUT2D eigenvalue weighted by Crippen LogP contribution is -2.03. The van der Waals surface area contributed by atoms with Crippen LogP contribution in [0.1, 0.15) is 45.6 Å². The third-order valence-corrected chi connectivity index (χ3v) is 4.43. The first-order chi connectivity index (χ1) is 12.9. The Kier molecular flexibility index (Phi) is 12.0. The van der Waals surface area contributed by atoms with Crippen LogP contribution < -0.4 is 9.47 Å². The Morgan fingerprint density at radius 2 is 1.78 bits per heavy atom. The Morgan fingerprint density at radius 1 is 1.07 bits per heavy atom. The monoisotopic (exact) mass is 455 g/mol. The predicted molar refractivity (Wildman–Crippen MR) is 115 cm³/mol. The van der Waals surface area contributed by atoms with Crippen molar-refractivity contribution in [3.05, 3.63) is 32.2 Å². The highest BCUT2D eigenvalue weighted by atomic mass is 35.5. The van der Waals surface area contributed by atoms with E-state index in [2.05, 4.69) is 5.16 Å². The molecule has 0 radical (unpaired) electrons. The van der Waals surface area contributed by atoms with Gasteiger partial charge in [-0.1, -0.05) is 58.5 Å². The normalized spacial score (nSPS) is 10.3. The third-order valence-electron chi connectivity index (χ3n) is 3.44. The zero-order valence-corrected chi connectivity index (χ0v) is 18.8. The summed E-state index contributed by atoms with van der Waals surface area (Å²) in [7, 11) is 0. The molecule has 0 bridgehead atoms. The molecule has 0 aromatic heterocycles. The molecular formula is C19H25Cl4NO3. The summed E-state index contributed by atoms with van der Waals surface area (Å²) in [6.07, 6.45) is 4.95. The molecule has 8 heteroatoms. The zero-order chi connectivity index (χ0) is 20.2. The molecule has 0 amide bonds. The standard InChI is InChI=1S/C19H25Cl4NO3/c1-4-14-16(25-11-8-17(21)22)12-15(20)19(18(14)23)26-9-6-5-7-10-27-24-13(2)3/h8,12H,4-7,9-11H2,1-3H3. The molecule has 27 heavy (non-hydrogen) atoms. The van der Waals surface area contributed by atoms with Crippen LogP contribution in [0.2, 0.25) is 10.0 Å². The van der Waals surface area contributed by atoms with E-state index in [9.17, 15) is 0 Å². The van der Waals surface area contributed by atoms with E-state index in [0.29, 0.717) is 41.2 Å². The zero-order valence-electron chi connectivity index (χ0n) is 15.8. The molecule has 152 valence electrons. The fourth-order valence-electron chi connectivity index (χ4n) is 2.20. The van der Waals surface area contributed by atoms with E-state index in [-0.39, 0.29) is 11.1 Å². The van der Waals surface area contributed by atoms with Crippen LogP contribution in [0.3, 0.4) is 0 Å². The summed E-state index contributed by atoms with van der Waals surface area (Å²) in [6.45, 7) is 7.11. The van der Waals surface area contributed by atoms with Crippen LogP contribution in [0.15, 0.2) is 21.8 Å². The van der Waals surface area contributed by atoms with Gasteiger partial charge in [-0.05, 0) is 45.6 Å². The van der Waals surface area contributed by atoms with Crippen molar-refractivity contribution < 1.29 is 14.3 Å². The second-order valence-corrected chi connectivity index (χ2v) is 7.71. The van der Waals surface area contributed by atoms with Crippen LogP contribution in [-0.2, 0) is 11.3 Å². The Balaban J connectivity index is 2.58. The summed E-state index contributed by atoms with van der Waals surface area (Å²) >= 11 is 24.0. The van der Waals surface area contributed by atoms with E-state index in [4.69, 9.17) is 60.7 Å². The Hall–Kier alpha value is -0.810. The van der Waals surface area contributed by atoms with Crippen LogP contribution in [0.5, 0.6) is 11.5 Å². The van der Waals surface area contributed by atoms with Gasteiger partial charge in [-0.3, -0.25) is 0 Å². The van der Waals surface area contributed by atoms with Crippen molar-refractivity contribution in [2.24, 2.45) is 5.16 Å². The van der Waals surface area contributed by atoms with E-state index < -0.39 is 0 Å². The fourth-order valence-corrected chi connectivity index (χ4v) is 3.00. The van der Waals surface area contributed by atoms with Crippen molar-refractivity contribution in [1.29, 1.82) is 0 Å². The van der Waals surface area contributed by atoms with Crippen LogP contribution in [-0.4, -0.2) is 25.5 Å². The average Bonchev–Trinajstić information content (AvgIpc) is 2.59. The highest BCUT2D eigenvalue weighted by Crippen LogP contribution is 2.41. The van der Waals surface area contributed by atoms with Crippen molar-refractivity contribution in [2.45, 2.75) is 46.5 Å². The van der Waals surface area contributed by atoms with Gasteiger partial charge >= 0.3 is 0 Å². The summed E-state index contributed by atoms with van der Waals surface area (Å²) in [5.41, 5.74) is 1.74. The number of unbranched alkanes of at least 4 members (excludes halogenated alkanes) is 2. The largest absolute Gasteiger partial charge is 0.490 e. The summed E-state index contributed by atoms with van der Waals surface area (Å²) in [6, 6.07) is 1.70. The summed E-state index contributed by atoms with van der Waals surface area (Å²) in [5, 5.41) is 4.77. The molecule has 0 unspecified atom stereocenters. The molecule has 0 atom stereocenters. The molecule has 0 saturated carbocycles. The average molecular weight is 457 g/mol. The van der Waals surface area contributed by atoms with E-state index in [0.717, 1.165) is 30.5 Å². The van der Waals surface area contributed by atoms with Gasteiger partial charge in [0.25, 0.3) is 0 Å². The SMILES string of the molecule is CCc1c(OCC=C(Cl)Cl)cc(Cl)c(OCCCCCON=C(C)C)c1Cl. The first-order valence-corrected chi connectivity index (χ1v) is 10.3. The first-order valence-electron chi connectivity index (χ1n) is 8.77. The molecule has 0 spiro atoms. The van der Waals surface area contributed by atoms with Crippen molar-refractivity contribution in [2.75, 3.05) is 19.8 Å². The van der Waals surface area contributed by atoms with Gasteiger partial charge in [-0.15, -0.1) is 0 Å². The minimum Gasteiger partial charge on any atom is -0.490 e.